The summed E-state index contributed by atoms with van der Waals surface area (Å²) in [6, 6.07) is 21.3. The molecule has 0 bridgehead atoms. The highest BCUT2D eigenvalue weighted by Gasteiger charge is 2.16. The molecule has 1 aromatic heterocycles. The summed E-state index contributed by atoms with van der Waals surface area (Å²) in [5.74, 6) is -0.552. The molecule has 0 unspecified atom stereocenters. The van der Waals surface area contributed by atoms with Crippen molar-refractivity contribution in [2.45, 2.75) is 6.42 Å². The number of nitrogen functional groups attached to an aromatic ring is 2. The van der Waals surface area contributed by atoms with E-state index >= 15 is 0 Å². The van der Waals surface area contributed by atoms with Gasteiger partial charge in [0.15, 0.2) is 5.13 Å². The molecular formula is C25H23N5O5S. The molecule has 0 spiro atoms. The zero-order valence-corrected chi connectivity index (χ0v) is 20.0. The first-order valence-corrected chi connectivity index (χ1v) is 11.3. The van der Waals surface area contributed by atoms with Crippen molar-refractivity contribution in [3.8, 4) is 27.4 Å². The number of carbonyl (C=O) groups is 1. The number of carboxylic acids is 1. The van der Waals surface area contributed by atoms with E-state index in [4.69, 9.17) is 26.7 Å². The van der Waals surface area contributed by atoms with Gasteiger partial charge in [0.2, 0.25) is 0 Å². The molecule has 1 heterocycles. The standard InChI is InChI=1S/C16H15N3OS.C9H8N2O4/c1-20-13-8-4-10(5-9-13)14-15(21-16(18)19-14)11-2-6-12(17)7-3-11;10-7(9(12)13)5-6-3-1-2-4-8(6)11(14)15/h2-9H,17H2,1H3,(H2,18,19);1-4,10H,5H2,(H,12,13). The number of methoxy groups -OCH3 is 1. The van der Waals surface area contributed by atoms with Crippen molar-refractivity contribution in [3.63, 3.8) is 0 Å². The molecule has 0 aliphatic heterocycles. The van der Waals surface area contributed by atoms with E-state index in [9.17, 15) is 14.9 Å². The van der Waals surface area contributed by atoms with Crippen LogP contribution in [0.25, 0.3) is 21.7 Å². The molecule has 6 N–H and O–H groups in total. The third-order valence-corrected chi connectivity index (χ3v) is 5.93. The molecule has 0 amide bonds. The maximum Gasteiger partial charge on any atom is 0.349 e. The minimum atomic E-state index is -1.37. The Labute approximate surface area is 210 Å². The van der Waals surface area contributed by atoms with Crippen LogP contribution in [0.4, 0.5) is 16.5 Å². The highest BCUT2D eigenvalue weighted by molar-refractivity contribution is 7.19. The van der Waals surface area contributed by atoms with Crippen molar-refractivity contribution in [2.75, 3.05) is 18.6 Å². The maximum atomic E-state index is 10.6. The van der Waals surface area contributed by atoms with Gasteiger partial charge in [0.05, 0.1) is 22.6 Å². The summed E-state index contributed by atoms with van der Waals surface area (Å²) >= 11 is 1.47. The summed E-state index contributed by atoms with van der Waals surface area (Å²) in [6.07, 6.45) is -0.244. The van der Waals surface area contributed by atoms with Crippen molar-refractivity contribution in [2.24, 2.45) is 0 Å². The van der Waals surface area contributed by atoms with Crippen molar-refractivity contribution < 1.29 is 19.6 Å². The average Bonchev–Trinajstić information content (AvgIpc) is 3.26. The van der Waals surface area contributed by atoms with Crippen LogP contribution in [0, 0.1) is 15.5 Å². The molecule has 0 fully saturated rings. The van der Waals surface area contributed by atoms with Crippen molar-refractivity contribution in [1.82, 2.24) is 4.98 Å². The Morgan fingerprint density at radius 3 is 2.25 bits per heavy atom. The number of hydrogen-bond acceptors (Lipinski definition) is 9. The van der Waals surface area contributed by atoms with Gasteiger partial charge in [0.1, 0.15) is 11.5 Å². The molecule has 3 aromatic carbocycles. The predicted octanol–water partition coefficient (Wildman–Crippen LogP) is 4.89. The molecule has 4 rings (SSSR count). The van der Waals surface area contributed by atoms with Crippen LogP contribution in [0.15, 0.2) is 72.8 Å². The van der Waals surface area contributed by atoms with Gasteiger partial charge in [-0.1, -0.05) is 41.7 Å². The Kier molecular flexibility index (Phi) is 8.31. The van der Waals surface area contributed by atoms with Gasteiger partial charge < -0.3 is 21.3 Å². The van der Waals surface area contributed by atoms with Crippen LogP contribution in [0.5, 0.6) is 5.75 Å². The quantitative estimate of drug-likeness (QED) is 0.119. The van der Waals surface area contributed by atoms with Gasteiger partial charge in [0, 0.05) is 29.3 Å². The number of nitrogens with one attached hydrogen (secondary N) is 1. The summed E-state index contributed by atoms with van der Waals surface area (Å²) in [4.78, 5) is 25.9. The molecule has 0 aliphatic carbocycles. The Hall–Kier alpha value is -4.77. The number of thiazole rings is 1. The Morgan fingerprint density at radius 2 is 1.67 bits per heavy atom. The first kappa shape index (κ1) is 25.8. The van der Waals surface area contributed by atoms with Gasteiger partial charge in [-0.3, -0.25) is 15.5 Å². The molecule has 0 radical (unpaired) electrons. The zero-order chi connectivity index (χ0) is 26.2. The summed E-state index contributed by atoms with van der Waals surface area (Å²) in [6.45, 7) is 0. The van der Waals surface area contributed by atoms with Gasteiger partial charge in [-0.05, 0) is 42.0 Å². The normalized spacial score (nSPS) is 10.1. The highest BCUT2D eigenvalue weighted by Crippen LogP contribution is 2.38. The first-order valence-electron chi connectivity index (χ1n) is 10.5. The fourth-order valence-corrected chi connectivity index (χ4v) is 4.08. The van der Waals surface area contributed by atoms with Crippen LogP contribution in [-0.2, 0) is 11.2 Å². The summed E-state index contributed by atoms with van der Waals surface area (Å²) < 4.78 is 5.18. The molecule has 4 aromatic rings. The highest BCUT2D eigenvalue weighted by atomic mass is 32.1. The van der Waals surface area contributed by atoms with E-state index in [1.54, 1.807) is 13.2 Å². The molecule has 10 nitrogen and oxygen atoms in total. The minimum absolute atomic E-state index is 0.163. The van der Waals surface area contributed by atoms with Crippen LogP contribution >= 0.6 is 11.3 Å². The number of rotatable bonds is 7. The lowest BCUT2D eigenvalue weighted by Crippen LogP contribution is -2.14. The van der Waals surface area contributed by atoms with E-state index in [1.807, 2.05) is 48.5 Å². The third-order valence-electron chi connectivity index (χ3n) is 4.99. The van der Waals surface area contributed by atoms with E-state index in [0.717, 1.165) is 33.1 Å². The number of anilines is 2. The lowest BCUT2D eigenvalue weighted by atomic mass is 10.1. The van der Waals surface area contributed by atoms with Crippen molar-refractivity contribution in [1.29, 1.82) is 5.41 Å². The van der Waals surface area contributed by atoms with Crippen molar-refractivity contribution >= 4 is 39.5 Å². The van der Waals surface area contributed by atoms with E-state index < -0.39 is 16.6 Å². The number of nitro benzene ring substituents is 1. The number of nitrogens with two attached hydrogens (primary N) is 2. The van der Waals surface area contributed by atoms with Gasteiger partial charge >= 0.3 is 5.97 Å². The number of nitrogens with zero attached hydrogens (tertiary/aromatic N) is 2. The average molecular weight is 506 g/mol. The molecule has 0 saturated carbocycles. The molecule has 184 valence electrons. The number of benzene rings is 3. The van der Waals surface area contributed by atoms with Crippen molar-refractivity contribution in [3.05, 3.63) is 88.5 Å². The number of hydrogen-bond donors (Lipinski definition) is 4. The smallest absolute Gasteiger partial charge is 0.349 e. The largest absolute Gasteiger partial charge is 0.497 e. The lowest BCUT2D eigenvalue weighted by molar-refractivity contribution is -0.385. The predicted molar refractivity (Wildman–Crippen MR) is 141 cm³/mol. The number of carboxylic acid groups (broad SMARTS) is 1. The van der Waals surface area contributed by atoms with Crippen LogP contribution in [0.3, 0.4) is 0 Å². The third kappa shape index (κ3) is 6.42. The molecule has 0 aliphatic rings. The topological polar surface area (TPSA) is 178 Å². The number of nitro groups is 1. The van der Waals surface area contributed by atoms with E-state index in [0.29, 0.717) is 5.13 Å². The molecule has 0 atom stereocenters. The molecule has 0 saturated heterocycles. The van der Waals surface area contributed by atoms with Crippen LogP contribution < -0.4 is 16.2 Å². The molecular weight excluding hydrogens is 482 g/mol. The number of para-hydroxylation sites is 1. The number of aromatic nitrogens is 1. The maximum absolute atomic E-state index is 10.6. The second kappa shape index (κ2) is 11.6. The number of aliphatic carboxylic acids is 1. The molecule has 36 heavy (non-hydrogen) atoms. The lowest BCUT2D eigenvalue weighted by Gasteiger charge is -2.05. The summed E-state index contributed by atoms with van der Waals surface area (Å²) in [7, 11) is 1.65. The second-order valence-corrected chi connectivity index (χ2v) is 8.46. The van der Waals surface area contributed by atoms with Crippen LogP contribution in [0.1, 0.15) is 5.56 Å². The van der Waals surface area contributed by atoms with E-state index in [1.165, 1.54) is 29.5 Å². The SMILES string of the molecule is COc1ccc(-c2nc(N)sc2-c2ccc(N)cc2)cc1.N=C(Cc1ccccc1[N+](=O)[O-])C(=O)O. The number of ether oxygens (including phenoxy) is 1. The molecule has 11 heteroatoms. The fraction of sp³-hybridized carbons (Fsp3) is 0.0800. The van der Waals surface area contributed by atoms with Gasteiger partial charge in [-0.25, -0.2) is 9.78 Å². The van der Waals surface area contributed by atoms with Crippen LogP contribution in [-0.4, -0.2) is 33.8 Å². The van der Waals surface area contributed by atoms with Gasteiger partial charge in [0.25, 0.3) is 5.69 Å². The van der Waals surface area contributed by atoms with E-state index in [-0.39, 0.29) is 17.7 Å². The van der Waals surface area contributed by atoms with E-state index in [2.05, 4.69) is 4.98 Å². The monoisotopic (exact) mass is 505 g/mol. The zero-order valence-electron chi connectivity index (χ0n) is 19.2. The van der Waals surface area contributed by atoms with Crippen LogP contribution in [0.2, 0.25) is 0 Å². The summed E-state index contributed by atoms with van der Waals surface area (Å²) in [5.41, 5.74) is 14.8. The Bertz CT molecular complexity index is 1380. The Balaban J connectivity index is 0.000000214. The second-order valence-electron chi connectivity index (χ2n) is 7.43. The summed E-state index contributed by atoms with van der Waals surface area (Å²) in [5, 5.41) is 26.7. The fourth-order valence-electron chi connectivity index (χ4n) is 3.22. The Morgan fingerprint density at radius 1 is 1.06 bits per heavy atom. The van der Waals surface area contributed by atoms with Gasteiger partial charge in [-0.15, -0.1) is 0 Å². The minimum Gasteiger partial charge on any atom is -0.497 e. The van der Waals surface area contributed by atoms with Gasteiger partial charge in [-0.2, -0.15) is 0 Å². The first-order chi connectivity index (χ1) is 17.2.